The summed E-state index contributed by atoms with van der Waals surface area (Å²) in [6.45, 7) is 6.60. The van der Waals surface area contributed by atoms with E-state index in [1.807, 2.05) is 4.90 Å². The van der Waals surface area contributed by atoms with E-state index in [9.17, 15) is 4.79 Å². The van der Waals surface area contributed by atoms with Gasteiger partial charge >= 0.3 is 5.97 Å². The Labute approximate surface area is 92.2 Å². The van der Waals surface area contributed by atoms with Crippen LogP contribution in [0.25, 0.3) is 0 Å². The molecule has 0 spiro atoms. The fourth-order valence-corrected chi connectivity index (χ4v) is 1.40. The first kappa shape index (κ1) is 14.4. The lowest BCUT2D eigenvalue weighted by Gasteiger charge is -2.20. The van der Waals surface area contributed by atoms with E-state index < -0.39 is 5.97 Å². The summed E-state index contributed by atoms with van der Waals surface area (Å²) >= 11 is 0. The number of hydrogen-bond acceptors (Lipinski definition) is 3. The molecule has 0 radical (unpaired) electrons. The summed E-state index contributed by atoms with van der Waals surface area (Å²) in [5, 5.41) is 8.71. The Hall–Kier alpha value is -0.610. The zero-order chi connectivity index (χ0) is 11.7. The number of aliphatic carboxylic acids is 1. The minimum atomic E-state index is -0.768. The maximum absolute atomic E-state index is 10.6. The Bertz CT molecular complexity index is 171. The number of carbonyl (C=O) groups is 1. The lowest BCUT2D eigenvalue weighted by Crippen LogP contribution is -2.33. The van der Waals surface area contributed by atoms with Gasteiger partial charge in [0, 0.05) is 13.7 Å². The van der Waals surface area contributed by atoms with E-state index in [4.69, 9.17) is 9.84 Å². The second kappa shape index (κ2) is 8.68. The molecule has 90 valence electrons. The molecule has 0 saturated heterocycles. The summed E-state index contributed by atoms with van der Waals surface area (Å²) in [4.78, 5) is 12.5. The van der Waals surface area contributed by atoms with Gasteiger partial charge in [-0.25, -0.2) is 0 Å². The van der Waals surface area contributed by atoms with Gasteiger partial charge in [0.1, 0.15) is 0 Å². The Morgan fingerprint density at radius 2 is 2.07 bits per heavy atom. The van der Waals surface area contributed by atoms with Gasteiger partial charge in [-0.05, 0) is 25.3 Å². The van der Waals surface area contributed by atoms with Gasteiger partial charge in [-0.2, -0.15) is 0 Å². The standard InChI is InChI=1S/C11H23NO3/c1-10(2)5-4-6-12(7-8-15-3)9-11(13)14/h10H,4-9H2,1-3H3,(H,13,14). The topological polar surface area (TPSA) is 49.8 Å². The van der Waals surface area contributed by atoms with Gasteiger partial charge in [0.2, 0.25) is 0 Å². The molecule has 0 saturated carbocycles. The molecule has 0 aromatic heterocycles. The van der Waals surface area contributed by atoms with Gasteiger partial charge in [-0.15, -0.1) is 0 Å². The van der Waals surface area contributed by atoms with Crippen LogP contribution in [0.1, 0.15) is 26.7 Å². The third-order valence-corrected chi connectivity index (χ3v) is 2.23. The lowest BCUT2D eigenvalue weighted by atomic mass is 10.1. The van der Waals surface area contributed by atoms with Crippen LogP contribution in [0.5, 0.6) is 0 Å². The molecule has 0 aliphatic rings. The monoisotopic (exact) mass is 217 g/mol. The molecule has 0 aliphatic heterocycles. The first-order valence-corrected chi connectivity index (χ1v) is 5.49. The second-order valence-corrected chi connectivity index (χ2v) is 4.20. The number of carboxylic acids is 1. The zero-order valence-corrected chi connectivity index (χ0v) is 10.0. The zero-order valence-electron chi connectivity index (χ0n) is 10.0. The van der Waals surface area contributed by atoms with E-state index in [2.05, 4.69) is 13.8 Å². The van der Waals surface area contributed by atoms with Gasteiger partial charge in [0.05, 0.1) is 13.2 Å². The highest BCUT2D eigenvalue weighted by Crippen LogP contribution is 2.04. The van der Waals surface area contributed by atoms with Crippen LogP contribution in [0.15, 0.2) is 0 Å². The maximum Gasteiger partial charge on any atom is 0.317 e. The fourth-order valence-electron chi connectivity index (χ4n) is 1.40. The molecule has 4 nitrogen and oxygen atoms in total. The summed E-state index contributed by atoms with van der Waals surface area (Å²) in [6, 6.07) is 0. The van der Waals surface area contributed by atoms with Crippen molar-refractivity contribution >= 4 is 5.97 Å². The Morgan fingerprint density at radius 3 is 2.53 bits per heavy atom. The van der Waals surface area contributed by atoms with Crippen molar-refractivity contribution in [2.24, 2.45) is 5.92 Å². The molecule has 0 aromatic rings. The van der Waals surface area contributed by atoms with E-state index in [1.165, 1.54) is 0 Å². The van der Waals surface area contributed by atoms with E-state index in [-0.39, 0.29) is 6.54 Å². The number of hydrogen-bond donors (Lipinski definition) is 1. The van der Waals surface area contributed by atoms with Crippen LogP contribution in [0.3, 0.4) is 0 Å². The van der Waals surface area contributed by atoms with Crippen molar-refractivity contribution in [1.82, 2.24) is 4.90 Å². The van der Waals surface area contributed by atoms with Crippen LogP contribution in [0.2, 0.25) is 0 Å². The number of rotatable bonds is 9. The molecule has 1 N–H and O–H groups in total. The van der Waals surface area contributed by atoms with Crippen molar-refractivity contribution in [1.29, 1.82) is 0 Å². The van der Waals surface area contributed by atoms with E-state index in [0.29, 0.717) is 19.1 Å². The van der Waals surface area contributed by atoms with Gasteiger partial charge < -0.3 is 9.84 Å². The molecule has 0 bridgehead atoms. The van der Waals surface area contributed by atoms with Gasteiger partial charge in [-0.1, -0.05) is 13.8 Å². The van der Waals surface area contributed by atoms with Crippen molar-refractivity contribution in [2.45, 2.75) is 26.7 Å². The van der Waals surface area contributed by atoms with Crippen LogP contribution in [0, 0.1) is 5.92 Å². The van der Waals surface area contributed by atoms with Gasteiger partial charge in [0.15, 0.2) is 0 Å². The summed E-state index contributed by atoms with van der Waals surface area (Å²) < 4.78 is 4.95. The summed E-state index contributed by atoms with van der Waals surface area (Å²) in [7, 11) is 1.63. The second-order valence-electron chi connectivity index (χ2n) is 4.20. The van der Waals surface area contributed by atoms with E-state index in [1.54, 1.807) is 7.11 Å². The maximum atomic E-state index is 10.6. The van der Waals surface area contributed by atoms with Crippen LogP contribution in [0.4, 0.5) is 0 Å². The number of nitrogens with zero attached hydrogens (tertiary/aromatic N) is 1. The average molecular weight is 217 g/mol. The first-order chi connectivity index (χ1) is 7.06. The Kier molecular flexibility index (Phi) is 8.33. The number of methoxy groups -OCH3 is 1. The lowest BCUT2D eigenvalue weighted by molar-refractivity contribution is -0.138. The molecule has 0 unspecified atom stereocenters. The minimum absolute atomic E-state index is 0.113. The largest absolute Gasteiger partial charge is 0.480 e. The van der Waals surface area contributed by atoms with Crippen LogP contribution < -0.4 is 0 Å². The number of ether oxygens (including phenoxy) is 1. The average Bonchev–Trinajstić information content (AvgIpc) is 2.12. The third kappa shape index (κ3) is 9.69. The van der Waals surface area contributed by atoms with Crippen molar-refractivity contribution in [3.05, 3.63) is 0 Å². The molecule has 0 aromatic carbocycles. The molecule has 0 rings (SSSR count). The molecule has 4 heteroatoms. The smallest absolute Gasteiger partial charge is 0.317 e. The third-order valence-electron chi connectivity index (χ3n) is 2.23. The van der Waals surface area contributed by atoms with Crippen molar-refractivity contribution in [3.63, 3.8) is 0 Å². The minimum Gasteiger partial charge on any atom is -0.480 e. The summed E-state index contributed by atoms with van der Waals surface area (Å²) in [5.41, 5.74) is 0. The number of carboxylic acid groups (broad SMARTS) is 1. The molecule has 0 heterocycles. The van der Waals surface area contributed by atoms with Crippen LogP contribution >= 0.6 is 0 Å². The van der Waals surface area contributed by atoms with Crippen molar-refractivity contribution in [2.75, 3.05) is 33.4 Å². The predicted octanol–water partition coefficient (Wildman–Crippen LogP) is 1.46. The Morgan fingerprint density at radius 1 is 1.40 bits per heavy atom. The Balaban J connectivity index is 3.73. The van der Waals surface area contributed by atoms with Crippen molar-refractivity contribution in [3.8, 4) is 0 Å². The first-order valence-electron chi connectivity index (χ1n) is 5.49. The predicted molar refractivity (Wildman–Crippen MR) is 60.0 cm³/mol. The molecule has 0 atom stereocenters. The molecule has 0 fully saturated rings. The van der Waals surface area contributed by atoms with Gasteiger partial charge in [0.25, 0.3) is 0 Å². The van der Waals surface area contributed by atoms with E-state index in [0.717, 1.165) is 19.4 Å². The molecule has 0 amide bonds. The van der Waals surface area contributed by atoms with Gasteiger partial charge in [-0.3, -0.25) is 9.69 Å². The highest BCUT2D eigenvalue weighted by atomic mass is 16.5. The summed E-state index contributed by atoms with van der Waals surface area (Å²) in [6.07, 6.45) is 2.19. The van der Waals surface area contributed by atoms with Crippen molar-refractivity contribution < 1.29 is 14.6 Å². The van der Waals surface area contributed by atoms with Crippen LogP contribution in [-0.4, -0.2) is 49.3 Å². The molecular weight excluding hydrogens is 194 g/mol. The highest BCUT2D eigenvalue weighted by molar-refractivity contribution is 5.69. The summed E-state index contributed by atoms with van der Waals surface area (Å²) in [5.74, 6) is -0.0882. The quantitative estimate of drug-likeness (QED) is 0.635. The highest BCUT2D eigenvalue weighted by Gasteiger charge is 2.09. The SMILES string of the molecule is COCCN(CCCC(C)C)CC(=O)O. The molecule has 0 aliphatic carbocycles. The normalized spacial score (nSPS) is 11.3. The molecule has 15 heavy (non-hydrogen) atoms. The fraction of sp³-hybridized carbons (Fsp3) is 0.909. The van der Waals surface area contributed by atoms with E-state index >= 15 is 0 Å². The van der Waals surface area contributed by atoms with Crippen LogP contribution in [-0.2, 0) is 9.53 Å². The molecular formula is C11H23NO3.